The number of rotatable bonds is 3. The predicted octanol–water partition coefficient (Wildman–Crippen LogP) is 3.75. The molecule has 0 fully saturated rings. The summed E-state index contributed by atoms with van der Waals surface area (Å²) in [5.74, 6) is 0. The van der Waals surface area contributed by atoms with Gasteiger partial charge in [0.1, 0.15) is 16.5 Å². The normalized spacial score (nSPS) is 10.2. The second kappa shape index (κ2) is 5.49. The van der Waals surface area contributed by atoms with Crippen LogP contribution in [0.4, 0.5) is 0 Å². The molecule has 0 N–H and O–H groups in total. The molecule has 17 heavy (non-hydrogen) atoms. The van der Waals surface area contributed by atoms with Crippen LogP contribution in [0.2, 0.25) is 10.2 Å². The van der Waals surface area contributed by atoms with E-state index < -0.39 is 0 Å². The Morgan fingerprint density at radius 2 is 1.94 bits per heavy atom. The molecule has 0 saturated heterocycles. The van der Waals surface area contributed by atoms with Gasteiger partial charge in [-0.3, -0.25) is 4.79 Å². The van der Waals surface area contributed by atoms with Gasteiger partial charge >= 0.3 is 0 Å². The van der Waals surface area contributed by atoms with Crippen LogP contribution in [0.1, 0.15) is 10.4 Å². The predicted molar refractivity (Wildman–Crippen MR) is 68.0 cm³/mol. The Labute approximate surface area is 112 Å². The Hall–Kier alpha value is -1.10. The fourth-order valence-corrected chi connectivity index (χ4v) is 2.53. The van der Waals surface area contributed by atoms with Crippen molar-refractivity contribution >= 4 is 41.2 Å². The summed E-state index contributed by atoms with van der Waals surface area (Å²) in [6.45, 7) is 0. The fourth-order valence-electron chi connectivity index (χ4n) is 1.17. The van der Waals surface area contributed by atoms with E-state index in [0.29, 0.717) is 16.3 Å². The molecule has 0 aliphatic heterocycles. The number of hydrogen-bond donors (Lipinski definition) is 0. The van der Waals surface area contributed by atoms with Crippen molar-refractivity contribution in [2.75, 3.05) is 0 Å². The molecule has 0 radical (unpaired) electrons. The van der Waals surface area contributed by atoms with E-state index in [1.165, 1.54) is 18.1 Å². The van der Waals surface area contributed by atoms with E-state index in [9.17, 15) is 4.79 Å². The van der Waals surface area contributed by atoms with Gasteiger partial charge in [-0.1, -0.05) is 47.1 Å². The van der Waals surface area contributed by atoms with Gasteiger partial charge in [0.15, 0.2) is 6.29 Å². The van der Waals surface area contributed by atoms with Gasteiger partial charge in [0.2, 0.25) is 0 Å². The second-order valence-corrected chi connectivity index (χ2v) is 4.83. The van der Waals surface area contributed by atoms with Gasteiger partial charge in [-0.2, -0.15) is 0 Å². The molecule has 0 aliphatic rings. The largest absolute Gasteiger partial charge is 0.298 e. The first-order valence-electron chi connectivity index (χ1n) is 4.60. The van der Waals surface area contributed by atoms with Crippen LogP contribution < -0.4 is 0 Å². The number of carbonyl (C=O) groups excluding carboxylic acids is 1. The summed E-state index contributed by atoms with van der Waals surface area (Å²) in [6.07, 6.45) is 1.95. The minimum atomic E-state index is 0.143. The maximum absolute atomic E-state index is 10.9. The number of aromatic nitrogens is 2. The van der Waals surface area contributed by atoms with Gasteiger partial charge in [0, 0.05) is 4.90 Å². The average Bonchev–Trinajstić information content (AvgIpc) is 2.32. The Balaban J connectivity index is 2.40. The van der Waals surface area contributed by atoms with Crippen LogP contribution in [-0.4, -0.2) is 16.3 Å². The number of hydrogen-bond acceptors (Lipinski definition) is 4. The van der Waals surface area contributed by atoms with Crippen LogP contribution in [0.5, 0.6) is 0 Å². The summed E-state index contributed by atoms with van der Waals surface area (Å²) < 4.78 is 0. The Kier molecular flexibility index (Phi) is 3.99. The Morgan fingerprint density at radius 1 is 1.18 bits per heavy atom. The number of benzene rings is 1. The topological polar surface area (TPSA) is 42.9 Å². The summed E-state index contributed by atoms with van der Waals surface area (Å²) in [6, 6.07) is 7.31. The molecule has 1 heterocycles. The molecule has 0 saturated carbocycles. The third-order valence-electron chi connectivity index (χ3n) is 1.96. The minimum absolute atomic E-state index is 0.143. The smallest absolute Gasteiger partial charge is 0.155 e. The van der Waals surface area contributed by atoms with Gasteiger partial charge in [-0.25, -0.2) is 9.97 Å². The highest BCUT2D eigenvalue weighted by molar-refractivity contribution is 7.99. The molecule has 3 nitrogen and oxygen atoms in total. The van der Waals surface area contributed by atoms with Crippen LogP contribution in [0, 0.1) is 0 Å². The lowest BCUT2D eigenvalue weighted by Gasteiger charge is -2.05. The lowest BCUT2D eigenvalue weighted by molar-refractivity contribution is 0.112. The van der Waals surface area contributed by atoms with Gasteiger partial charge in [0.05, 0.1) is 10.6 Å². The molecule has 0 spiro atoms. The van der Waals surface area contributed by atoms with Crippen molar-refractivity contribution in [3.63, 3.8) is 0 Å². The van der Waals surface area contributed by atoms with E-state index >= 15 is 0 Å². The molecule has 6 heteroatoms. The van der Waals surface area contributed by atoms with Gasteiger partial charge in [-0.15, -0.1) is 0 Å². The van der Waals surface area contributed by atoms with Crippen LogP contribution in [-0.2, 0) is 0 Å². The molecular formula is C11H6Cl2N2OS. The zero-order valence-corrected chi connectivity index (χ0v) is 10.8. The SMILES string of the molecule is O=Cc1c(Cl)ncnc1Sc1ccccc1Cl. The van der Waals surface area contributed by atoms with E-state index in [0.717, 1.165) is 4.90 Å². The first kappa shape index (κ1) is 12.4. The van der Waals surface area contributed by atoms with Crippen molar-refractivity contribution in [3.8, 4) is 0 Å². The molecule has 0 atom stereocenters. The highest BCUT2D eigenvalue weighted by atomic mass is 35.5. The highest BCUT2D eigenvalue weighted by Gasteiger charge is 2.11. The van der Waals surface area contributed by atoms with Crippen molar-refractivity contribution in [2.45, 2.75) is 9.92 Å². The van der Waals surface area contributed by atoms with E-state index in [1.54, 1.807) is 6.07 Å². The van der Waals surface area contributed by atoms with Crippen molar-refractivity contribution in [2.24, 2.45) is 0 Å². The minimum Gasteiger partial charge on any atom is -0.298 e. The molecule has 2 rings (SSSR count). The van der Waals surface area contributed by atoms with Gasteiger partial charge in [0.25, 0.3) is 0 Å². The number of halogens is 2. The van der Waals surface area contributed by atoms with Crippen LogP contribution in [0.15, 0.2) is 40.5 Å². The third kappa shape index (κ3) is 2.77. The van der Waals surface area contributed by atoms with E-state index in [4.69, 9.17) is 23.2 Å². The zero-order chi connectivity index (χ0) is 12.3. The van der Waals surface area contributed by atoms with E-state index in [-0.39, 0.29) is 10.7 Å². The summed E-state index contributed by atoms with van der Waals surface area (Å²) in [4.78, 5) is 19.5. The molecule has 86 valence electrons. The molecule has 1 aromatic carbocycles. The highest BCUT2D eigenvalue weighted by Crippen LogP contribution is 2.34. The van der Waals surface area contributed by atoms with Crippen molar-refractivity contribution < 1.29 is 4.79 Å². The lowest BCUT2D eigenvalue weighted by atomic mass is 10.4. The van der Waals surface area contributed by atoms with Crippen LogP contribution >= 0.6 is 35.0 Å². The molecule has 0 unspecified atom stereocenters. The average molecular weight is 285 g/mol. The molecular weight excluding hydrogens is 279 g/mol. The monoisotopic (exact) mass is 284 g/mol. The Bertz CT molecular complexity index is 563. The second-order valence-electron chi connectivity index (χ2n) is 3.03. The first-order chi connectivity index (χ1) is 8.22. The van der Waals surface area contributed by atoms with Gasteiger partial charge < -0.3 is 0 Å². The number of aldehydes is 1. The molecule has 0 aliphatic carbocycles. The third-order valence-corrected chi connectivity index (χ3v) is 3.80. The summed E-state index contributed by atoms with van der Waals surface area (Å²) in [5, 5.41) is 1.24. The summed E-state index contributed by atoms with van der Waals surface area (Å²) >= 11 is 13.1. The molecule has 0 bridgehead atoms. The van der Waals surface area contributed by atoms with Crippen molar-refractivity contribution in [1.82, 2.24) is 9.97 Å². The van der Waals surface area contributed by atoms with Gasteiger partial charge in [-0.05, 0) is 12.1 Å². The lowest BCUT2D eigenvalue weighted by Crippen LogP contribution is -1.93. The van der Waals surface area contributed by atoms with E-state index in [2.05, 4.69) is 9.97 Å². The Morgan fingerprint density at radius 3 is 2.65 bits per heavy atom. The summed E-state index contributed by atoms with van der Waals surface area (Å²) in [5.41, 5.74) is 0.277. The van der Waals surface area contributed by atoms with E-state index in [1.807, 2.05) is 18.2 Å². The first-order valence-corrected chi connectivity index (χ1v) is 6.17. The zero-order valence-electron chi connectivity index (χ0n) is 8.43. The van der Waals surface area contributed by atoms with Crippen LogP contribution in [0.3, 0.4) is 0 Å². The molecule has 2 aromatic rings. The quantitative estimate of drug-likeness (QED) is 0.636. The number of carbonyl (C=O) groups is 1. The standard InChI is InChI=1S/C11H6Cl2N2OS/c12-8-3-1-2-4-9(8)17-11-7(5-16)10(13)14-6-15-11/h1-6H. The van der Waals surface area contributed by atoms with Crippen molar-refractivity contribution in [3.05, 3.63) is 46.3 Å². The maximum Gasteiger partial charge on any atom is 0.155 e. The maximum atomic E-state index is 10.9. The molecule has 1 aromatic heterocycles. The van der Waals surface area contributed by atoms with Crippen molar-refractivity contribution in [1.29, 1.82) is 0 Å². The van der Waals surface area contributed by atoms with Crippen LogP contribution in [0.25, 0.3) is 0 Å². The number of nitrogens with zero attached hydrogens (tertiary/aromatic N) is 2. The summed E-state index contributed by atoms with van der Waals surface area (Å²) in [7, 11) is 0. The fraction of sp³-hybridized carbons (Fsp3) is 0. The molecule has 0 amide bonds.